The molecule has 4 rings (SSSR count). The molecule has 3 aromatic rings. The average molecular weight is 504 g/mol. The fourth-order valence-electron chi connectivity index (χ4n) is 3.79. The fraction of sp³-hybridized carbons (Fsp3) is 0.238. The highest BCUT2D eigenvalue weighted by Gasteiger charge is 2.42. The Bertz CT molecular complexity index is 1000. The number of pyridine rings is 1. The minimum absolute atomic E-state index is 0.00681. The largest absolute Gasteiger partial charge is 0.497 e. The van der Waals surface area contributed by atoms with Gasteiger partial charge in [0.1, 0.15) is 5.75 Å². The molecule has 1 aromatic carbocycles. The van der Waals surface area contributed by atoms with E-state index in [9.17, 15) is 0 Å². The topological polar surface area (TPSA) is 53.2 Å². The zero-order valence-corrected chi connectivity index (χ0v) is 18.8. The highest BCUT2D eigenvalue weighted by atomic mass is 127. The maximum absolute atomic E-state index is 5.77. The molecule has 3 heterocycles. The quantitative estimate of drug-likeness (QED) is 0.395. The number of benzene rings is 1. The number of aromatic amines is 1. The molecule has 0 aliphatic carbocycles. The summed E-state index contributed by atoms with van der Waals surface area (Å²) in [5.41, 5.74) is 5.56. The first-order valence-electron chi connectivity index (χ1n) is 9.00. The van der Waals surface area contributed by atoms with Gasteiger partial charge in [0.05, 0.1) is 24.9 Å². The second-order valence-corrected chi connectivity index (χ2v) is 8.26. The van der Waals surface area contributed by atoms with E-state index in [0.29, 0.717) is 5.11 Å². The number of anilines is 1. The van der Waals surface area contributed by atoms with Gasteiger partial charge in [0.25, 0.3) is 0 Å². The molecule has 0 bridgehead atoms. The van der Waals surface area contributed by atoms with Crippen LogP contribution in [0.25, 0.3) is 0 Å². The molecule has 2 atom stereocenters. The highest BCUT2D eigenvalue weighted by molar-refractivity contribution is 14.1. The normalized spacial score (nSPS) is 19.0. The number of thiocarbonyl (C=S) groups is 1. The minimum atomic E-state index is -0.0433. The minimum Gasteiger partial charge on any atom is -0.497 e. The van der Waals surface area contributed by atoms with Gasteiger partial charge in [-0.1, -0.05) is 6.07 Å². The number of ether oxygens (including phenoxy) is 1. The lowest BCUT2D eigenvalue weighted by atomic mass is 9.96. The summed E-state index contributed by atoms with van der Waals surface area (Å²) in [4.78, 5) is 10.3. The van der Waals surface area contributed by atoms with Crippen molar-refractivity contribution in [1.29, 1.82) is 0 Å². The van der Waals surface area contributed by atoms with Crippen molar-refractivity contribution in [3.05, 3.63) is 74.9 Å². The second kappa shape index (κ2) is 7.71. The Balaban J connectivity index is 1.87. The second-order valence-electron chi connectivity index (χ2n) is 6.80. The van der Waals surface area contributed by atoms with Crippen molar-refractivity contribution in [2.45, 2.75) is 25.9 Å². The van der Waals surface area contributed by atoms with E-state index in [4.69, 9.17) is 17.0 Å². The number of hydrogen-bond donors (Lipinski definition) is 2. The number of hydrogen-bond acceptors (Lipinski definition) is 3. The smallest absolute Gasteiger partial charge is 0.174 e. The number of methoxy groups -OCH3 is 1. The molecule has 28 heavy (non-hydrogen) atoms. The molecule has 144 valence electrons. The van der Waals surface area contributed by atoms with E-state index in [1.807, 2.05) is 48.7 Å². The summed E-state index contributed by atoms with van der Waals surface area (Å²) >= 11 is 8.20. The van der Waals surface area contributed by atoms with Gasteiger partial charge in [-0.25, -0.2) is 0 Å². The first-order valence-corrected chi connectivity index (χ1v) is 10.5. The maximum Gasteiger partial charge on any atom is 0.174 e. The van der Waals surface area contributed by atoms with Crippen LogP contribution in [0.15, 0.2) is 48.7 Å². The van der Waals surface area contributed by atoms with Gasteiger partial charge in [-0.05, 0) is 85.1 Å². The third-order valence-electron chi connectivity index (χ3n) is 5.09. The Morgan fingerprint density at radius 3 is 2.43 bits per heavy atom. The number of halogens is 1. The van der Waals surface area contributed by atoms with Crippen LogP contribution in [-0.4, -0.2) is 22.2 Å². The number of nitrogens with one attached hydrogen (secondary N) is 2. The summed E-state index contributed by atoms with van der Waals surface area (Å²) < 4.78 is 6.55. The SMILES string of the molecule is COc1ccc(N2C(=S)NC(c3ccccn3)C2c2c(C)[nH]c(C)c2I)cc1. The number of rotatable bonds is 4. The van der Waals surface area contributed by atoms with Crippen molar-refractivity contribution in [2.24, 2.45) is 0 Å². The Hall–Kier alpha value is -2.13. The molecule has 7 heteroatoms. The highest BCUT2D eigenvalue weighted by Crippen LogP contribution is 2.44. The van der Waals surface area contributed by atoms with Gasteiger partial charge in [-0.2, -0.15) is 0 Å². The molecule has 1 aliphatic rings. The van der Waals surface area contributed by atoms with E-state index in [1.54, 1.807) is 7.11 Å². The first-order chi connectivity index (χ1) is 13.5. The van der Waals surface area contributed by atoms with E-state index in [1.165, 1.54) is 14.8 Å². The van der Waals surface area contributed by atoms with Gasteiger partial charge in [0.15, 0.2) is 5.11 Å². The van der Waals surface area contributed by atoms with Crippen molar-refractivity contribution in [3.63, 3.8) is 0 Å². The Morgan fingerprint density at radius 1 is 1.11 bits per heavy atom. The van der Waals surface area contributed by atoms with Crippen LogP contribution in [0, 0.1) is 17.4 Å². The molecule has 0 radical (unpaired) electrons. The monoisotopic (exact) mass is 504 g/mol. The van der Waals surface area contributed by atoms with Gasteiger partial charge in [-0.3, -0.25) is 4.98 Å². The lowest BCUT2D eigenvalue weighted by Crippen LogP contribution is -2.29. The van der Waals surface area contributed by atoms with E-state index >= 15 is 0 Å². The molecule has 1 fully saturated rings. The fourth-order valence-corrected chi connectivity index (χ4v) is 5.00. The number of nitrogens with zero attached hydrogens (tertiary/aromatic N) is 2. The average Bonchev–Trinajstić information content (AvgIpc) is 3.17. The Morgan fingerprint density at radius 2 is 1.86 bits per heavy atom. The molecule has 2 aromatic heterocycles. The molecule has 2 N–H and O–H groups in total. The van der Waals surface area contributed by atoms with E-state index in [2.05, 4.69) is 56.6 Å². The zero-order chi connectivity index (χ0) is 19.8. The van der Waals surface area contributed by atoms with Crippen LogP contribution in [0.2, 0.25) is 0 Å². The van der Waals surface area contributed by atoms with E-state index < -0.39 is 0 Å². The molecule has 1 saturated heterocycles. The van der Waals surface area contributed by atoms with Crippen molar-refractivity contribution < 1.29 is 4.74 Å². The van der Waals surface area contributed by atoms with Gasteiger partial charge in [-0.15, -0.1) is 0 Å². The zero-order valence-electron chi connectivity index (χ0n) is 15.9. The molecular formula is C21H21IN4OS. The summed E-state index contributed by atoms with van der Waals surface area (Å²) in [6.45, 7) is 4.22. The maximum atomic E-state index is 5.77. The Kier molecular flexibility index (Phi) is 5.29. The van der Waals surface area contributed by atoms with Crippen LogP contribution >= 0.6 is 34.8 Å². The molecular weight excluding hydrogens is 483 g/mol. The number of aromatic nitrogens is 2. The lowest BCUT2D eigenvalue weighted by Gasteiger charge is -2.28. The first kappa shape index (κ1) is 19.2. The van der Waals surface area contributed by atoms with Crippen LogP contribution in [0.5, 0.6) is 5.75 Å². The standard InChI is InChI=1S/C21H21IN4OS/c1-12-17(18(22)13(2)24-12)20-19(16-6-4-5-11-23-16)25-21(28)26(20)14-7-9-15(27-3)10-8-14/h4-11,19-20,24H,1-3H3,(H,25,28). The summed E-state index contributed by atoms with van der Waals surface area (Å²) in [5, 5.41) is 4.20. The predicted molar refractivity (Wildman–Crippen MR) is 124 cm³/mol. The van der Waals surface area contributed by atoms with Gasteiger partial charge in [0, 0.05) is 32.4 Å². The van der Waals surface area contributed by atoms with Gasteiger partial charge < -0.3 is 19.9 Å². The molecule has 0 amide bonds. The van der Waals surface area contributed by atoms with Crippen molar-refractivity contribution in [3.8, 4) is 5.75 Å². The van der Waals surface area contributed by atoms with Crippen molar-refractivity contribution in [1.82, 2.24) is 15.3 Å². The molecule has 0 spiro atoms. The van der Waals surface area contributed by atoms with Crippen molar-refractivity contribution in [2.75, 3.05) is 12.0 Å². The summed E-state index contributed by atoms with van der Waals surface area (Å²) in [6.07, 6.45) is 1.83. The van der Waals surface area contributed by atoms with Gasteiger partial charge >= 0.3 is 0 Å². The molecule has 2 unspecified atom stereocenters. The Labute approximate surface area is 183 Å². The van der Waals surface area contributed by atoms with E-state index in [-0.39, 0.29) is 12.1 Å². The van der Waals surface area contributed by atoms with Crippen LogP contribution < -0.4 is 15.0 Å². The van der Waals surface area contributed by atoms with Crippen molar-refractivity contribution >= 4 is 45.6 Å². The molecule has 0 saturated carbocycles. The van der Waals surface area contributed by atoms with Crippen LogP contribution in [-0.2, 0) is 0 Å². The number of H-pyrrole nitrogens is 1. The lowest BCUT2D eigenvalue weighted by molar-refractivity contribution is 0.415. The number of aryl methyl sites for hydroxylation is 2. The summed E-state index contributed by atoms with van der Waals surface area (Å²) in [7, 11) is 1.67. The van der Waals surface area contributed by atoms with E-state index in [0.717, 1.165) is 22.8 Å². The summed E-state index contributed by atoms with van der Waals surface area (Å²) in [5.74, 6) is 0.822. The summed E-state index contributed by atoms with van der Waals surface area (Å²) in [6, 6.07) is 14.0. The third kappa shape index (κ3) is 3.26. The van der Waals surface area contributed by atoms with Gasteiger partial charge in [0.2, 0.25) is 0 Å². The molecule has 1 aliphatic heterocycles. The molecule has 5 nitrogen and oxygen atoms in total. The third-order valence-corrected chi connectivity index (χ3v) is 6.79. The van der Waals surface area contributed by atoms with Crippen LogP contribution in [0.3, 0.4) is 0 Å². The van der Waals surface area contributed by atoms with Crippen LogP contribution in [0.4, 0.5) is 5.69 Å². The van der Waals surface area contributed by atoms with Crippen LogP contribution in [0.1, 0.15) is 34.7 Å². The predicted octanol–water partition coefficient (Wildman–Crippen LogP) is 4.82.